The van der Waals surface area contributed by atoms with Crippen molar-refractivity contribution in [2.45, 2.75) is 0 Å². The van der Waals surface area contributed by atoms with E-state index in [-0.39, 0.29) is 6.03 Å². The van der Waals surface area contributed by atoms with Gasteiger partial charge in [0.2, 0.25) is 0 Å². The molecule has 2 amide bonds. The van der Waals surface area contributed by atoms with Gasteiger partial charge >= 0.3 is 6.03 Å². The predicted octanol–water partition coefficient (Wildman–Crippen LogP) is 2.99. The van der Waals surface area contributed by atoms with Crippen LogP contribution in [0.15, 0.2) is 54.7 Å². The van der Waals surface area contributed by atoms with Crippen molar-refractivity contribution >= 4 is 29.2 Å². The molecule has 166 valence electrons. The maximum Gasteiger partial charge on any atom is 0.322 e. The minimum absolute atomic E-state index is 0.183. The highest BCUT2D eigenvalue weighted by Crippen LogP contribution is 2.29. The van der Waals surface area contributed by atoms with Crippen LogP contribution in [0.1, 0.15) is 0 Å². The topological polar surface area (TPSA) is 105 Å². The van der Waals surface area contributed by atoms with Gasteiger partial charge in [0.25, 0.3) is 0 Å². The van der Waals surface area contributed by atoms with Crippen molar-refractivity contribution in [1.29, 1.82) is 0 Å². The van der Waals surface area contributed by atoms with Gasteiger partial charge in [0, 0.05) is 38.4 Å². The molecular weight excluding hydrogens is 410 g/mol. The van der Waals surface area contributed by atoms with E-state index in [0.29, 0.717) is 55.0 Å². The Hall–Kier alpha value is -4.08. The van der Waals surface area contributed by atoms with Crippen LogP contribution in [0.2, 0.25) is 0 Å². The van der Waals surface area contributed by atoms with E-state index >= 15 is 0 Å². The van der Waals surface area contributed by atoms with E-state index < -0.39 is 0 Å². The number of urea groups is 1. The number of nitrogens with zero attached hydrogens (tertiary/aromatic N) is 5. The molecule has 0 bridgehead atoms. The predicted molar refractivity (Wildman–Crippen MR) is 122 cm³/mol. The average Bonchev–Trinajstić information content (AvgIpc) is 2.85. The Kier molecular flexibility index (Phi) is 6.49. The molecule has 10 heteroatoms. The Balaban J connectivity index is 1.32. The van der Waals surface area contributed by atoms with E-state index in [1.54, 1.807) is 43.5 Å². The van der Waals surface area contributed by atoms with Gasteiger partial charge in [-0.05, 0) is 36.4 Å². The third-order valence-corrected chi connectivity index (χ3v) is 5.11. The van der Waals surface area contributed by atoms with Crippen LogP contribution < -0.4 is 25.0 Å². The third-order valence-electron chi connectivity index (χ3n) is 5.11. The highest BCUT2D eigenvalue weighted by atomic mass is 16.5. The SMILES string of the molecule is COc1ccc(OC)c(NC(=O)N2CCN(c3ccc(Nc4ccccn4)nn3)CC2)c1. The summed E-state index contributed by atoms with van der Waals surface area (Å²) < 4.78 is 10.6. The molecule has 10 nitrogen and oxygen atoms in total. The van der Waals surface area contributed by atoms with Crippen LogP contribution in [-0.4, -0.2) is 66.5 Å². The van der Waals surface area contributed by atoms with Crippen molar-refractivity contribution in [2.75, 3.05) is 55.9 Å². The summed E-state index contributed by atoms with van der Waals surface area (Å²) >= 11 is 0. The van der Waals surface area contributed by atoms with Crippen molar-refractivity contribution in [2.24, 2.45) is 0 Å². The van der Waals surface area contributed by atoms with Gasteiger partial charge in [0.05, 0.1) is 19.9 Å². The van der Waals surface area contributed by atoms with Gasteiger partial charge < -0.3 is 29.9 Å². The second-order valence-corrected chi connectivity index (χ2v) is 7.09. The lowest BCUT2D eigenvalue weighted by Crippen LogP contribution is -2.50. The number of ether oxygens (including phenoxy) is 2. The number of piperazine rings is 1. The lowest BCUT2D eigenvalue weighted by molar-refractivity contribution is 0.208. The Morgan fingerprint density at radius 2 is 1.78 bits per heavy atom. The first-order valence-electron chi connectivity index (χ1n) is 10.2. The van der Waals surface area contributed by atoms with Gasteiger partial charge in [-0.2, -0.15) is 0 Å². The van der Waals surface area contributed by atoms with Gasteiger partial charge in [0.15, 0.2) is 11.6 Å². The molecule has 0 saturated carbocycles. The number of methoxy groups -OCH3 is 2. The molecule has 3 aromatic rings. The lowest BCUT2D eigenvalue weighted by atomic mass is 10.2. The normalized spacial score (nSPS) is 13.4. The first-order valence-corrected chi connectivity index (χ1v) is 10.2. The van der Waals surface area contributed by atoms with E-state index in [4.69, 9.17) is 9.47 Å². The van der Waals surface area contributed by atoms with Crippen LogP contribution >= 0.6 is 0 Å². The number of anilines is 4. The molecule has 1 aliphatic heterocycles. The maximum atomic E-state index is 12.8. The number of rotatable bonds is 6. The molecule has 1 fully saturated rings. The summed E-state index contributed by atoms with van der Waals surface area (Å²) in [6.45, 7) is 2.44. The maximum absolute atomic E-state index is 12.8. The van der Waals surface area contributed by atoms with Crippen LogP contribution in [0.4, 0.5) is 27.9 Å². The highest BCUT2D eigenvalue weighted by molar-refractivity contribution is 5.91. The lowest BCUT2D eigenvalue weighted by Gasteiger charge is -2.35. The van der Waals surface area contributed by atoms with Crippen LogP contribution in [0.3, 0.4) is 0 Å². The summed E-state index contributed by atoms with van der Waals surface area (Å²) in [6, 6.07) is 14.5. The summed E-state index contributed by atoms with van der Waals surface area (Å²) in [7, 11) is 3.14. The van der Waals surface area contributed by atoms with Crippen LogP contribution in [0.25, 0.3) is 0 Å². The highest BCUT2D eigenvalue weighted by Gasteiger charge is 2.23. The van der Waals surface area contributed by atoms with Crippen LogP contribution in [0, 0.1) is 0 Å². The largest absolute Gasteiger partial charge is 0.497 e. The molecule has 2 aromatic heterocycles. The molecule has 3 heterocycles. The zero-order chi connectivity index (χ0) is 22.3. The van der Waals surface area contributed by atoms with Gasteiger partial charge in [-0.25, -0.2) is 9.78 Å². The molecular formula is C22H25N7O3. The van der Waals surface area contributed by atoms with Crippen molar-refractivity contribution < 1.29 is 14.3 Å². The number of amides is 2. The fourth-order valence-electron chi connectivity index (χ4n) is 3.37. The Labute approximate surface area is 186 Å². The quantitative estimate of drug-likeness (QED) is 0.609. The van der Waals surface area contributed by atoms with Gasteiger partial charge in [0.1, 0.15) is 17.3 Å². The van der Waals surface area contributed by atoms with Crippen molar-refractivity contribution in [3.8, 4) is 11.5 Å². The number of pyridine rings is 1. The Morgan fingerprint density at radius 1 is 0.938 bits per heavy atom. The molecule has 0 aliphatic carbocycles. The standard InChI is InChI=1S/C22H25N7O3/c1-31-16-6-7-18(32-2)17(15-16)24-22(30)29-13-11-28(12-14-29)21-9-8-20(26-27-21)25-19-5-3-4-10-23-19/h3-10,15H,11-14H2,1-2H3,(H,24,30)(H,23,25,26). The van der Waals surface area contributed by atoms with E-state index in [2.05, 4.69) is 30.7 Å². The number of benzene rings is 1. The summed E-state index contributed by atoms with van der Waals surface area (Å²) in [6.07, 6.45) is 1.71. The zero-order valence-corrected chi connectivity index (χ0v) is 18.0. The monoisotopic (exact) mass is 435 g/mol. The summed E-state index contributed by atoms with van der Waals surface area (Å²) in [5.74, 6) is 3.32. The number of nitrogens with one attached hydrogen (secondary N) is 2. The molecule has 0 spiro atoms. The van der Waals surface area contributed by atoms with Crippen LogP contribution in [-0.2, 0) is 0 Å². The van der Waals surface area contributed by atoms with E-state index in [0.717, 1.165) is 5.82 Å². The van der Waals surface area contributed by atoms with E-state index in [1.807, 2.05) is 30.3 Å². The zero-order valence-electron chi connectivity index (χ0n) is 18.0. The second-order valence-electron chi connectivity index (χ2n) is 7.09. The van der Waals surface area contributed by atoms with Crippen molar-refractivity contribution in [1.82, 2.24) is 20.1 Å². The second kappa shape index (κ2) is 9.82. The molecule has 2 N–H and O–H groups in total. The number of carbonyl (C=O) groups excluding carboxylic acids is 1. The van der Waals surface area contributed by atoms with Gasteiger partial charge in [-0.1, -0.05) is 6.07 Å². The summed E-state index contributed by atoms with van der Waals surface area (Å²) in [5, 5.41) is 14.6. The van der Waals surface area contributed by atoms with E-state index in [9.17, 15) is 4.79 Å². The first kappa shape index (κ1) is 21.2. The third kappa shape index (κ3) is 4.97. The molecule has 0 radical (unpaired) electrons. The van der Waals surface area contributed by atoms with Crippen molar-refractivity contribution in [3.05, 3.63) is 54.7 Å². The molecule has 0 unspecified atom stereocenters. The average molecular weight is 435 g/mol. The molecule has 4 rings (SSSR count). The number of aromatic nitrogens is 3. The number of hydrogen-bond donors (Lipinski definition) is 2. The summed E-state index contributed by atoms with van der Waals surface area (Å²) in [4.78, 5) is 20.8. The van der Waals surface area contributed by atoms with Crippen molar-refractivity contribution in [3.63, 3.8) is 0 Å². The van der Waals surface area contributed by atoms with E-state index in [1.165, 1.54) is 0 Å². The minimum atomic E-state index is -0.183. The molecule has 32 heavy (non-hydrogen) atoms. The Bertz CT molecular complexity index is 1040. The fraction of sp³-hybridized carbons (Fsp3) is 0.273. The smallest absolute Gasteiger partial charge is 0.322 e. The van der Waals surface area contributed by atoms with Gasteiger partial charge in [-0.15, -0.1) is 10.2 Å². The van der Waals surface area contributed by atoms with Crippen LogP contribution in [0.5, 0.6) is 11.5 Å². The minimum Gasteiger partial charge on any atom is -0.497 e. The molecule has 1 aromatic carbocycles. The molecule has 0 atom stereocenters. The number of hydrogen-bond acceptors (Lipinski definition) is 8. The fourth-order valence-corrected chi connectivity index (χ4v) is 3.37. The summed E-state index contributed by atoms with van der Waals surface area (Å²) in [5.41, 5.74) is 0.571. The number of carbonyl (C=O) groups is 1. The first-order chi connectivity index (χ1) is 15.7. The molecule has 1 saturated heterocycles. The Morgan fingerprint density at radius 3 is 2.44 bits per heavy atom. The van der Waals surface area contributed by atoms with Gasteiger partial charge in [-0.3, -0.25) is 0 Å². The molecule has 1 aliphatic rings.